The van der Waals surface area contributed by atoms with E-state index >= 15 is 0 Å². The highest BCUT2D eigenvalue weighted by molar-refractivity contribution is 6.30. The smallest absolute Gasteiger partial charge is 0.340 e. The number of aliphatic hydroxyl groups is 1. The van der Waals surface area contributed by atoms with Crippen LogP contribution in [0.4, 0.5) is 0 Å². The summed E-state index contributed by atoms with van der Waals surface area (Å²) < 4.78 is 0. The minimum atomic E-state index is -1.99. The summed E-state index contributed by atoms with van der Waals surface area (Å²) in [6.45, 7) is 1.15. The largest absolute Gasteiger partial charge is 0.479 e. The quantitative estimate of drug-likeness (QED) is 0.701. The molecule has 0 radical (unpaired) electrons. The molecule has 70 valence electrons. The zero-order chi connectivity index (χ0) is 10.1. The number of halogens is 1. The molecule has 0 saturated heterocycles. The molecule has 0 unspecified atom stereocenters. The van der Waals surface area contributed by atoms with Crippen LogP contribution in [0.3, 0.4) is 0 Å². The van der Waals surface area contributed by atoms with Crippen molar-refractivity contribution < 1.29 is 15.0 Å². The number of pyridine rings is 1. The standard InChI is InChI=1S/C8H8ClNO3/c1-8(13,7(11)12)5-3-2-4-10-6(5)9/h2-4,13H,1H3,(H,11,12)/t8-/m1/s1. The van der Waals surface area contributed by atoms with Gasteiger partial charge < -0.3 is 10.2 Å². The number of rotatable bonds is 2. The molecular formula is C8H8ClNO3. The van der Waals surface area contributed by atoms with E-state index in [4.69, 9.17) is 16.7 Å². The van der Waals surface area contributed by atoms with Crippen molar-refractivity contribution in [1.82, 2.24) is 4.98 Å². The van der Waals surface area contributed by atoms with Crippen molar-refractivity contribution in [3.8, 4) is 0 Å². The third-order valence-electron chi connectivity index (χ3n) is 1.70. The van der Waals surface area contributed by atoms with Crippen molar-refractivity contribution in [2.75, 3.05) is 0 Å². The Bertz CT molecular complexity index is 338. The predicted molar refractivity (Wildman–Crippen MR) is 46.5 cm³/mol. The van der Waals surface area contributed by atoms with Gasteiger partial charge in [0.05, 0.1) is 0 Å². The molecule has 1 aromatic heterocycles. The van der Waals surface area contributed by atoms with Crippen LogP contribution in [0.5, 0.6) is 0 Å². The van der Waals surface area contributed by atoms with Gasteiger partial charge in [-0.15, -0.1) is 0 Å². The van der Waals surface area contributed by atoms with Crippen LogP contribution in [0.15, 0.2) is 18.3 Å². The van der Waals surface area contributed by atoms with Gasteiger partial charge in [-0.3, -0.25) is 0 Å². The van der Waals surface area contributed by atoms with Crippen LogP contribution in [0.1, 0.15) is 12.5 Å². The molecule has 0 saturated carbocycles. The fraction of sp³-hybridized carbons (Fsp3) is 0.250. The van der Waals surface area contributed by atoms with Gasteiger partial charge in [0.1, 0.15) is 5.15 Å². The van der Waals surface area contributed by atoms with Gasteiger partial charge in [-0.25, -0.2) is 9.78 Å². The topological polar surface area (TPSA) is 70.4 Å². The number of aliphatic carboxylic acids is 1. The van der Waals surface area contributed by atoms with E-state index in [1.807, 2.05) is 0 Å². The Morgan fingerprint density at radius 3 is 2.77 bits per heavy atom. The molecule has 0 fully saturated rings. The second-order valence-electron chi connectivity index (χ2n) is 2.72. The lowest BCUT2D eigenvalue weighted by atomic mass is 9.98. The monoisotopic (exact) mass is 201 g/mol. The summed E-state index contributed by atoms with van der Waals surface area (Å²) in [4.78, 5) is 14.3. The fourth-order valence-corrected chi connectivity index (χ4v) is 1.17. The molecule has 2 N–H and O–H groups in total. The van der Waals surface area contributed by atoms with E-state index in [2.05, 4.69) is 4.98 Å². The van der Waals surface area contributed by atoms with Crippen LogP contribution in [0.25, 0.3) is 0 Å². The molecule has 0 aliphatic heterocycles. The summed E-state index contributed by atoms with van der Waals surface area (Å²) in [7, 11) is 0. The minimum Gasteiger partial charge on any atom is -0.479 e. The first-order valence-electron chi connectivity index (χ1n) is 3.53. The number of hydrogen-bond donors (Lipinski definition) is 2. The van der Waals surface area contributed by atoms with Crippen LogP contribution in [-0.2, 0) is 10.4 Å². The molecular weight excluding hydrogens is 194 g/mol. The van der Waals surface area contributed by atoms with Crippen molar-refractivity contribution in [3.63, 3.8) is 0 Å². The average molecular weight is 202 g/mol. The van der Waals surface area contributed by atoms with Crippen LogP contribution in [0, 0.1) is 0 Å². The molecule has 1 rings (SSSR count). The number of carboxylic acid groups (broad SMARTS) is 1. The summed E-state index contributed by atoms with van der Waals surface area (Å²) in [6.07, 6.45) is 1.42. The summed E-state index contributed by atoms with van der Waals surface area (Å²) in [5.41, 5.74) is -1.91. The summed E-state index contributed by atoms with van der Waals surface area (Å²) in [5.74, 6) is -1.36. The second-order valence-corrected chi connectivity index (χ2v) is 3.08. The normalized spacial score (nSPS) is 15.0. The Hall–Kier alpha value is -1.13. The zero-order valence-corrected chi connectivity index (χ0v) is 7.62. The number of hydrogen-bond acceptors (Lipinski definition) is 3. The number of carboxylic acids is 1. The van der Waals surface area contributed by atoms with E-state index in [-0.39, 0.29) is 10.7 Å². The van der Waals surface area contributed by atoms with Gasteiger partial charge in [0.2, 0.25) is 0 Å². The van der Waals surface area contributed by atoms with Crippen molar-refractivity contribution in [2.24, 2.45) is 0 Å². The van der Waals surface area contributed by atoms with E-state index in [1.165, 1.54) is 18.3 Å². The maximum absolute atomic E-state index is 10.6. The lowest BCUT2D eigenvalue weighted by molar-refractivity contribution is -0.157. The Kier molecular flexibility index (Phi) is 2.54. The molecule has 0 aliphatic carbocycles. The minimum absolute atomic E-state index is 0.00472. The molecule has 1 heterocycles. The molecule has 0 amide bonds. The van der Waals surface area contributed by atoms with Crippen molar-refractivity contribution in [2.45, 2.75) is 12.5 Å². The van der Waals surface area contributed by atoms with Gasteiger partial charge in [0, 0.05) is 11.8 Å². The van der Waals surface area contributed by atoms with Gasteiger partial charge >= 0.3 is 5.97 Å². The van der Waals surface area contributed by atoms with E-state index in [9.17, 15) is 9.90 Å². The number of carbonyl (C=O) groups is 1. The summed E-state index contributed by atoms with van der Waals surface area (Å²) >= 11 is 5.62. The van der Waals surface area contributed by atoms with E-state index in [0.29, 0.717) is 0 Å². The SMILES string of the molecule is C[C@](O)(C(=O)O)c1cccnc1Cl. The van der Waals surface area contributed by atoms with Crippen molar-refractivity contribution >= 4 is 17.6 Å². The van der Waals surface area contributed by atoms with Crippen LogP contribution in [-0.4, -0.2) is 21.2 Å². The Labute approximate surface area is 79.8 Å². The highest BCUT2D eigenvalue weighted by Gasteiger charge is 2.34. The van der Waals surface area contributed by atoms with Crippen molar-refractivity contribution in [1.29, 1.82) is 0 Å². The third-order valence-corrected chi connectivity index (χ3v) is 2.00. The van der Waals surface area contributed by atoms with E-state index < -0.39 is 11.6 Å². The Morgan fingerprint density at radius 2 is 2.31 bits per heavy atom. The molecule has 13 heavy (non-hydrogen) atoms. The highest BCUT2D eigenvalue weighted by Crippen LogP contribution is 2.25. The maximum Gasteiger partial charge on any atom is 0.340 e. The molecule has 5 heteroatoms. The average Bonchev–Trinajstić information content (AvgIpc) is 2.04. The van der Waals surface area contributed by atoms with Gasteiger partial charge in [-0.2, -0.15) is 0 Å². The molecule has 0 spiro atoms. The Balaban J connectivity index is 3.22. The van der Waals surface area contributed by atoms with Crippen LogP contribution >= 0.6 is 11.6 Å². The van der Waals surface area contributed by atoms with Gasteiger partial charge in [-0.05, 0) is 13.0 Å². The molecule has 1 atom stereocenters. The third kappa shape index (κ3) is 1.79. The Morgan fingerprint density at radius 1 is 1.69 bits per heavy atom. The molecule has 0 aromatic carbocycles. The molecule has 0 aliphatic rings. The fourth-order valence-electron chi connectivity index (χ4n) is 0.864. The number of nitrogens with zero attached hydrogens (tertiary/aromatic N) is 1. The molecule has 4 nitrogen and oxygen atoms in total. The maximum atomic E-state index is 10.6. The first kappa shape index (κ1) is 9.95. The molecule has 0 bridgehead atoms. The first-order valence-corrected chi connectivity index (χ1v) is 3.91. The predicted octanol–water partition coefficient (Wildman–Crippen LogP) is 1.03. The van der Waals surface area contributed by atoms with E-state index in [1.54, 1.807) is 0 Å². The molecule has 1 aromatic rings. The van der Waals surface area contributed by atoms with Gasteiger partial charge in [-0.1, -0.05) is 17.7 Å². The number of aromatic nitrogens is 1. The van der Waals surface area contributed by atoms with Crippen molar-refractivity contribution in [3.05, 3.63) is 29.0 Å². The van der Waals surface area contributed by atoms with E-state index in [0.717, 1.165) is 6.92 Å². The lowest BCUT2D eigenvalue weighted by Crippen LogP contribution is -2.32. The van der Waals surface area contributed by atoms with Gasteiger partial charge in [0.15, 0.2) is 5.60 Å². The lowest BCUT2D eigenvalue weighted by Gasteiger charge is -2.18. The highest BCUT2D eigenvalue weighted by atomic mass is 35.5. The zero-order valence-electron chi connectivity index (χ0n) is 6.86. The summed E-state index contributed by atoms with van der Waals surface area (Å²) in [6, 6.07) is 2.93. The van der Waals surface area contributed by atoms with Crippen LogP contribution < -0.4 is 0 Å². The van der Waals surface area contributed by atoms with Crippen LogP contribution in [0.2, 0.25) is 5.15 Å². The van der Waals surface area contributed by atoms with Gasteiger partial charge in [0.25, 0.3) is 0 Å². The second kappa shape index (κ2) is 3.32. The first-order chi connectivity index (χ1) is 5.96. The summed E-state index contributed by atoms with van der Waals surface area (Å²) in [5, 5.41) is 18.2.